The first kappa shape index (κ1) is 13.3. The molecule has 18 heavy (non-hydrogen) atoms. The molecule has 0 aromatic carbocycles. The molecular weight excluding hydrogens is 231 g/mol. The SMILES string of the molecule is COc1nccc(C(N)C2C(C)(C)C2(C)C)c1F. The van der Waals surface area contributed by atoms with E-state index in [0.717, 1.165) is 0 Å². The van der Waals surface area contributed by atoms with E-state index < -0.39 is 5.82 Å². The molecule has 1 saturated carbocycles. The van der Waals surface area contributed by atoms with Crippen molar-refractivity contribution in [2.45, 2.75) is 33.7 Å². The Balaban J connectivity index is 2.34. The van der Waals surface area contributed by atoms with E-state index in [-0.39, 0.29) is 28.7 Å². The summed E-state index contributed by atoms with van der Waals surface area (Å²) in [6.45, 7) is 8.70. The predicted octanol–water partition coefficient (Wildman–Crippen LogP) is 2.91. The Morgan fingerprint density at radius 2 is 1.89 bits per heavy atom. The van der Waals surface area contributed by atoms with Gasteiger partial charge in [0.05, 0.1) is 7.11 Å². The van der Waals surface area contributed by atoms with Crippen molar-refractivity contribution >= 4 is 0 Å². The highest BCUT2D eigenvalue weighted by Crippen LogP contribution is 2.71. The zero-order valence-corrected chi connectivity index (χ0v) is 11.6. The molecule has 1 heterocycles. The smallest absolute Gasteiger partial charge is 0.250 e. The molecule has 2 N–H and O–H groups in total. The van der Waals surface area contributed by atoms with Crippen LogP contribution in [0.15, 0.2) is 12.3 Å². The quantitative estimate of drug-likeness (QED) is 0.899. The molecule has 0 amide bonds. The number of ether oxygens (including phenoxy) is 1. The highest BCUT2D eigenvalue weighted by Gasteiger charge is 2.66. The molecule has 0 radical (unpaired) electrons. The molecule has 0 saturated heterocycles. The summed E-state index contributed by atoms with van der Waals surface area (Å²) < 4.78 is 19.0. The van der Waals surface area contributed by atoms with Gasteiger partial charge in [0.25, 0.3) is 0 Å². The minimum Gasteiger partial charge on any atom is -0.479 e. The largest absolute Gasteiger partial charge is 0.479 e. The summed E-state index contributed by atoms with van der Waals surface area (Å²) in [4.78, 5) is 3.84. The van der Waals surface area contributed by atoms with Gasteiger partial charge in [0.2, 0.25) is 5.88 Å². The summed E-state index contributed by atoms with van der Waals surface area (Å²) in [5.74, 6) is -0.170. The number of rotatable bonds is 3. The van der Waals surface area contributed by atoms with E-state index in [0.29, 0.717) is 5.56 Å². The molecule has 1 aromatic heterocycles. The van der Waals surface area contributed by atoms with Gasteiger partial charge in [0.1, 0.15) is 0 Å². The average molecular weight is 252 g/mol. The Morgan fingerprint density at radius 1 is 1.33 bits per heavy atom. The van der Waals surface area contributed by atoms with Gasteiger partial charge < -0.3 is 10.5 Å². The zero-order valence-electron chi connectivity index (χ0n) is 11.6. The lowest BCUT2D eigenvalue weighted by atomic mass is 9.98. The number of nitrogens with zero attached hydrogens (tertiary/aromatic N) is 1. The van der Waals surface area contributed by atoms with Gasteiger partial charge in [-0.2, -0.15) is 0 Å². The molecule has 100 valence electrons. The number of methoxy groups -OCH3 is 1. The number of nitrogens with two attached hydrogens (primary N) is 1. The Morgan fingerprint density at radius 3 is 2.33 bits per heavy atom. The number of hydrogen-bond donors (Lipinski definition) is 1. The summed E-state index contributed by atoms with van der Waals surface area (Å²) in [5, 5.41) is 0. The molecule has 4 heteroatoms. The summed E-state index contributed by atoms with van der Waals surface area (Å²) in [5.41, 5.74) is 6.98. The Hall–Kier alpha value is -1.16. The first-order chi connectivity index (χ1) is 8.25. The Bertz CT molecular complexity index is 457. The highest BCUT2D eigenvalue weighted by molar-refractivity contribution is 5.31. The summed E-state index contributed by atoms with van der Waals surface area (Å²) in [6, 6.07) is 1.32. The maximum atomic E-state index is 14.1. The van der Waals surface area contributed by atoms with Gasteiger partial charge in [0.15, 0.2) is 5.82 Å². The normalized spacial score (nSPS) is 22.6. The van der Waals surface area contributed by atoms with Crippen LogP contribution in [0.4, 0.5) is 4.39 Å². The van der Waals surface area contributed by atoms with Crippen LogP contribution in [0.25, 0.3) is 0 Å². The van der Waals surface area contributed by atoms with E-state index >= 15 is 0 Å². The molecule has 0 aliphatic heterocycles. The second-order valence-corrected chi connectivity index (χ2v) is 6.17. The maximum absolute atomic E-state index is 14.1. The van der Waals surface area contributed by atoms with Gasteiger partial charge in [-0.05, 0) is 22.8 Å². The molecule has 1 fully saturated rings. The van der Waals surface area contributed by atoms with Gasteiger partial charge in [0, 0.05) is 17.8 Å². The van der Waals surface area contributed by atoms with E-state index in [1.165, 1.54) is 7.11 Å². The van der Waals surface area contributed by atoms with Crippen molar-refractivity contribution in [2.75, 3.05) is 7.11 Å². The van der Waals surface area contributed by atoms with Gasteiger partial charge in [-0.25, -0.2) is 9.37 Å². The first-order valence-corrected chi connectivity index (χ1v) is 6.19. The Kier molecular flexibility index (Phi) is 2.89. The molecule has 1 unspecified atom stereocenters. The fourth-order valence-corrected chi connectivity index (χ4v) is 3.16. The maximum Gasteiger partial charge on any atom is 0.250 e. The molecule has 0 spiro atoms. The van der Waals surface area contributed by atoms with E-state index in [9.17, 15) is 4.39 Å². The first-order valence-electron chi connectivity index (χ1n) is 6.19. The molecule has 0 bridgehead atoms. The number of aromatic nitrogens is 1. The molecule has 1 aromatic rings. The van der Waals surface area contributed by atoms with Crippen molar-refractivity contribution in [3.8, 4) is 5.88 Å². The van der Waals surface area contributed by atoms with Crippen LogP contribution in [-0.4, -0.2) is 12.1 Å². The lowest BCUT2D eigenvalue weighted by molar-refractivity contribution is 0.361. The van der Waals surface area contributed by atoms with Crippen LogP contribution in [0, 0.1) is 22.6 Å². The minimum atomic E-state index is -0.439. The van der Waals surface area contributed by atoms with Crippen LogP contribution in [0.3, 0.4) is 0 Å². The van der Waals surface area contributed by atoms with Gasteiger partial charge in [-0.1, -0.05) is 27.7 Å². The molecule has 3 nitrogen and oxygen atoms in total. The fraction of sp³-hybridized carbons (Fsp3) is 0.643. The zero-order chi connectivity index (χ0) is 13.7. The van der Waals surface area contributed by atoms with Crippen molar-refractivity contribution in [1.29, 1.82) is 0 Å². The van der Waals surface area contributed by atoms with E-state index in [2.05, 4.69) is 32.7 Å². The van der Waals surface area contributed by atoms with Crippen LogP contribution >= 0.6 is 0 Å². The van der Waals surface area contributed by atoms with Crippen LogP contribution in [0.1, 0.15) is 39.3 Å². The standard InChI is InChI=1S/C14H21FN2O/c1-13(2)11(14(13,3)4)10(16)8-6-7-17-12(18-5)9(8)15/h6-7,10-11H,16H2,1-5H3. The molecule has 1 aliphatic carbocycles. The lowest BCUT2D eigenvalue weighted by Gasteiger charge is -2.16. The second kappa shape index (κ2) is 3.92. The Labute approximate surface area is 108 Å². The third-order valence-corrected chi connectivity index (χ3v) is 4.93. The minimum absolute atomic E-state index is 0.0132. The summed E-state index contributed by atoms with van der Waals surface area (Å²) in [7, 11) is 1.41. The van der Waals surface area contributed by atoms with E-state index in [1.807, 2.05) is 0 Å². The second-order valence-electron chi connectivity index (χ2n) is 6.17. The van der Waals surface area contributed by atoms with Crippen molar-refractivity contribution < 1.29 is 9.13 Å². The van der Waals surface area contributed by atoms with E-state index in [1.54, 1.807) is 12.3 Å². The van der Waals surface area contributed by atoms with Gasteiger partial charge in [-0.3, -0.25) is 0 Å². The fourth-order valence-electron chi connectivity index (χ4n) is 3.16. The summed E-state index contributed by atoms with van der Waals surface area (Å²) >= 11 is 0. The number of halogens is 1. The van der Waals surface area contributed by atoms with Gasteiger partial charge >= 0.3 is 0 Å². The third kappa shape index (κ3) is 1.62. The molecule has 1 atom stereocenters. The van der Waals surface area contributed by atoms with Crippen LogP contribution in [0.2, 0.25) is 0 Å². The van der Waals surface area contributed by atoms with E-state index in [4.69, 9.17) is 10.5 Å². The van der Waals surface area contributed by atoms with Crippen molar-refractivity contribution in [2.24, 2.45) is 22.5 Å². The van der Waals surface area contributed by atoms with Crippen molar-refractivity contribution in [3.05, 3.63) is 23.6 Å². The van der Waals surface area contributed by atoms with Crippen LogP contribution < -0.4 is 10.5 Å². The molecule has 2 rings (SSSR count). The van der Waals surface area contributed by atoms with Crippen LogP contribution in [0.5, 0.6) is 5.88 Å². The summed E-state index contributed by atoms with van der Waals surface area (Å²) in [6.07, 6.45) is 1.54. The number of pyridine rings is 1. The van der Waals surface area contributed by atoms with Crippen molar-refractivity contribution in [1.82, 2.24) is 4.98 Å². The number of hydrogen-bond acceptors (Lipinski definition) is 3. The molecular formula is C14H21FN2O. The third-order valence-electron chi connectivity index (χ3n) is 4.93. The predicted molar refractivity (Wildman–Crippen MR) is 68.7 cm³/mol. The topological polar surface area (TPSA) is 48.1 Å². The van der Waals surface area contributed by atoms with Crippen molar-refractivity contribution in [3.63, 3.8) is 0 Å². The van der Waals surface area contributed by atoms with Crippen LogP contribution in [-0.2, 0) is 0 Å². The lowest BCUT2D eigenvalue weighted by Crippen LogP contribution is -2.18. The average Bonchev–Trinajstić information content (AvgIpc) is 2.69. The monoisotopic (exact) mass is 252 g/mol. The highest BCUT2D eigenvalue weighted by atomic mass is 19.1. The molecule has 1 aliphatic rings. The van der Waals surface area contributed by atoms with Gasteiger partial charge in [-0.15, -0.1) is 0 Å².